The van der Waals surface area contributed by atoms with E-state index in [9.17, 15) is 19.2 Å². The predicted octanol–water partition coefficient (Wildman–Crippen LogP) is 3.22. The molecule has 0 atom stereocenters. The van der Waals surface area contributed by atoms with Crippen LogP contribution in [0.3, 0.4) is 0 Å². The fourth-order valence-corrected chi connectivity index (χ4v) is 3.77. The maximum Gasteiger partial charge on any atom is 0.253 e. The number of unbranched alkanes of at least 4 members (excludes halogenated alkanes) is 3. The van der Waals surface area contributed by atoms with E-state index in [1.165, 1.54) is 17.1 Å². The molecule has 5 nitrogen and oxygen atoms in total. The van der Waals surface area contributed by atoms with Crippen molar-refractivity contribution in [3.63, 3.8) is 0 Å². The minimum absolute atomic E-state index is 0.150. The van der Waals surface area contributed by atoms with Gasteiger partial charge in [0, 0.05) is 37.5 Å². The summed E-state index contributed by atoms with van der Waals surface area (Å²) in [6.45, 7) is 2.10. The Morgan fingerprint density at radius 3 is 2.04 bits per heavy atom. The van der Waals surface area contributed by atoms with Gasteiger partial charge in [-0.3, -0.25) is 19.3 Å². The Morgan fingerprint density at radius 2 is 1.48 bits per heavy atom. The number of hydrogen-bond donors (Lipinski definition) is 0. The molecule has 0 aromatic rings. The van der Waals surface area contributed by atoms with E-state index < -0.39 is 0 Å². The summed E-state index contributed by atoms with van der Waals surface area (Å²) in [5.41, 5.74) is 0. The van der Waals surface area contributed by atoms with Crippen molar-refractivity contribution < 1.29 is 19.2 Å². The van der Waals surface area contributed by atoms with Gasteiger partial charge in [0.05, 0.1) is 0 Å². The number of hydrogen-bond acceptors (Lipinski definition) is 4. The van der Waals surface area contributed by atoms with Gasteiger partial charge in [-0.25, -0.2) is 0 Å². The van der Waals surface area contributed by atoms with E-state index in [1.54, 1.807) is 6.92 Å². The van der Waals surface area contributed by atoms with Gasteiger partial charge in [-0.05, 0) is 51.4 Å². The molecule has 0 spiro atoms. The highest BCUT2D eigenvalue weighted by Crippen LogP contribution is 2.31. The standard InChI is InChI=1S/C20H29NO4/c1-15(22)6-4-2-3-5-7-18(23)17-10-8-16(9-11-17)14-21-19(24)12-13-20(21)25/h12-13,16-17H,2-11,14H2,1H3. The fraction of sp³-hybridized carbons (Fsp3) is 0.700. The second-order valence-electron chi connectivity index (χ2n) is 7.42. The molecule has 0 saturated heterocycles. The molecule has 0 aromatic heterocycles. The van der Waals surface area contributed by atoms with Gasteiger partial charge in [0.2, 0.25) is 0 Å². The lowest BCUT2D eigenvalue weighted by Gasteiger charge is -2.30. The molecule has 1 fully saturated rings. The van der Waals surface area contributed by atoms with Crippen LogP contribution in [0.2, 0.25) is 0 Å². The Hall–Kier alpha value is -1.78. The second kappa shape index (κ2) is 9.64. The summed E-state index contributed by atoms with van der Waals surface area (Å²) in [6.07, 6.45) is 11.4. The lowest BCUT2D eigenvalue weighted by Crippen LogP contribution is -2.36. The van der Waals surface area contributed by atoms with E-state index in [0.29, 0.717) is 31.1 Å². The fourth-order valence-electron chi connectivity index (χ4n) is 3.77. The minimum Gasteiger partial charge on any atom is -0.300 e. The number of carbonyl (C=O) groups excluding carboxylic acids is 4. The first-order valence-corrected chi connectivity index (χ1v) is 9.53. The maximum absolute atomic E-state index is 12.3. The van der Waals surface area contributed by atoms with Crippen LogP contribution in [0.1, 0.15) is 71.1 Å². The molecule has 5 heteroatoms. The largest absolute Gasteiger partial charge is 0.300 e. The van der Waals surface area contributed by atoms with Crippen LogP contribution >= 0.6 is 0 Å². The highest BCUT2D eigenvalue weighted by Gasteiger charge is 2.30. The SMILES string of the molecule is CC(=O)CCCCCCC(=O)C1CCC(CN2C(=O)C=CC2=O)CC1. The Labute approximate surface area is 149 Å². The highest BCUT2D eigenvalue weighted by atomic mass is 16.2. The minimum atomic E-state index is -0.215. The molecular formula is C20H29NO4. The van der Waals surface area contributed by atoms with E-state index in [2.05, 4.69) is 0 Å². The maximum atomic E-state index is 12.3. The van der Waals surface area contributed by atoms with Gasteiger partial charge in [-0.1, -0.05) is 12.8 Å². The van der Waals surface area contributed by atoms with Crippen molar-refractivity contribution in [2.45, 2.75) is 71.1 Å². The molecule has 2 rings (SSSR count). The van der Waals surface area contributed by atoms with Crippen LogP contribution in [0.5, 0.6) is 0 Å². The number of carbonyl (C=O) groups is 4. The summed E-state index contributed by atoms with van der Waals surface area (Å²) >= 11 is 0. The molecule has 0 radical (unpaired) electrons. The third kappa shape index (κ3) is 6.22. The van der Waals surface area contributed by atoms with Crippen LogP contribution in [-0.4, -0.2) is 34.8 Å². The predicted molar refractivity (Wildman–Crippen MR) is 94.7 cm³/mol. The molecule has 1 aliphatic heterocycles. The first-order valence-electron chi connectivity index (χ1n) is 9.53. The van der Waals surface area contributed by atoms with E-state index in [4.69, 9.17) is 0 Å². The summed E-state index contributed by atoms with van der Waals surface area (Å²) in [5.74, 6) is 0.641. The summed E-state index contributed by atoms with van der Waals surface area (Å²) in [5, 5.41) is 0. The average molecular weight is 347 g/mol. The molecule has 0 N–H and O–H groups in total. The van der Waals surface area contributed by atoms with Crippen LogP contribution in [0.25, 0.3) is 0 Å². The molecule has 138 valence electrons. The van der Waals surface area contributed by atoms with Gasteiger partial charge in [0.25, 0.3) is 11.8 Å². The third-order valence-corrected chi connectivity index (χ3v) is 5.35. The average Bonchev–Trinajstić information content (AvgIpc) is 2.90. The van der Waals surface area contributed by atoms with Crippen molar-refractivity contribution in [3.05, 3.63) is 12.2 Å². The third-order valence-electron chi connectivity index (χ3n) is 5.35. The van der Waals surface area contributed by atoms with Crippen molar-refractivity contribution in [1.29, 1.82) is 0 Å². The Balaban J connectivity index is 1.59. The molecule has 1 heterocycles. The van der Waals surface area contributed by atoms with Crippen LogP contribution in [-0.2, 0) is 19.2 Å². The Kier molecular flexibility index (Phi) is 7.53. The highest BCUT2D eigenvalue weighted by molar-refractivity contribution is 6.12. The first-order chi connectivity index (χ1) is 12.0. The van der Waals surface area contributed by atoms with Gasteiger partial charge < -0.3 is 4.79 Å². The quantitative estimate of drug-likeness (QED) is 0.449. The van der Waals surface area contributed by atoms with Crippen LogP contribution in [0.4, 0.5) is 0 Å². The molecule has 1 saturated carbocycles. The normalized spacial score (nSPS) is 23.3. The smallest absolute Gasteiger partial charge is 0.253 e. The zero-order chi connectivity index (χ0) is 18.2. The number of rotatable bonds is 10. The summed E-state index contributed by atoms with van der Waals surface area (Å²) in [7, 11) is 0. The second-order valence-corrected chi connectivity index (χ2v) is 7.42. The number of imide groups is 1. The molecule has 2 aliphatic rings. The zero-order valence-corrected chi connectivity index (χ0v) is 15.2. The topological polar surface area (TPSA) is 71.5 Å². The van der Waals surface area contributed by atoms with Crippen molar-refractivity contribution in [3.8, 4) is 0 Å². The summed E-state index contributed by atoms with van der Waals surface area (Å²) < 4.78 is 0. The van der Waals surface area contributed by atoms with Crippen LogP contribution in [0.15, 0.2) is 12.2 Å². The van der Waals surface area contributed by atoms with Crippen LogP contribution in [0, 0.1) is 11.8 Å². The molecule has 0 unspecified atom stereocenters. The summed E-state index contributed by atoms with van der Waals surface area (Å²) in [6, 6.07) is 0. The molecule has 0 bridgehead atoms. The van der Waals surface area contributed by atoms with Gasteiger partial charge in [0.15, 0.2) is 0 Å². The summed E-state index contributed by atoms with van der Waals surface area (Å²) in [4.78, 5) is 47.7. The molecule has 25 heavy (non-hydrogen) atoms. The van der Waals surface area contributed by atoms with Gasteiger partial charge >= 0.3 is 0 Å². The van der Waals surface area contributed by atoms with Crippen molar-refractivity contribution in [1.82, 2.24) is 4.90 Å². The van der Waals surface area contributed by atoms with E-state index in [1.807, 2.05) is 0 Å². The lowest BCUT2D eigenvalue weighted by molar-refractivity contribution is -0.138. The molecule has 2 amide bonds. The molecule has 1 aliphatic carbocycles. The monoisotopic (exact) mass is 347 g/mol. The van der Waals surface area contributed by atoms with Crippen molar-refractivity contribution >= 4 is 23.4 Å². The lowest BCUT2D eigenvalue weighted by atomic mass is 9.79. The van der Waals surface area contributed by atoms with Crippen molar-refractivity contribution in [2.24, 2.45) is 11.8 Å². The number of ketones is 2. The number of Topliss-reactive ketones (excluding diaryl/α,β-unsaturated/α-hetero) is 2. The zero-order valence-electron chi connectivity index (χ0n) is 15.2. The molecular weight excluding hydrogens is 318 g/mol. The van der Waals surface area contributed by atoms with E-state index in [0.717, 1.165) is 51.4 Å². The molecule has 0 aromatic carbocycles. The first kappa shape index (κ1) is 19.5. The van der Waals surface area contributed by atoms with E-state index in [-0.39, 0.29) is 23.5 Å². The van der Waals surface area contributed by atoms with Gasteiger partial charge in [0.1, 0.15) is 11.6 Å². The van der Waals surface area contributed by atoms with Gasteiger partial charge in [-0.15, -0.1) is 0 Å². The Bertz CT molecular complexity index is 526. The number of amides is 2. The van der Waals surface area contributed by atoms with Gasteiger partial charge in [-0.2, -0.15) is 0 Å². The van der Waals surface area contributed by atoms with E-state index >= 15 is 0 Å². The van der Waals surface area contributed by atoms with Crippen molar-refractivity contribution in [2.75, 3.05) is 6.54 Å². The van der Waals surface area contributed by atoms with Crippen LogP contribution < -0.4 is 0 Å². The Morgan fingerprint density at radius 1 is 0.920 bits per heavy atom. The number of nitrogens with zero attached hydrogens (tertiary/aromatic N) is 1.